The highest BCUT2D eigenvalue weighted by Gasteiger charge is 2.44. The van der Waals surface area contributed by atoms with Crippen LogP contribution < -0.4 is 0 Å². The molecule has 3 aromatic rings. The molecule has 1 atom stereocenters. The van der Waals surface area contributed by atoms with Gasteiger partial charge in [0, 0.05) is 36.3 Å². The number of carbonyl (C=O) groups is 1. The zero-order valence-corrected chi connectivity index (χ0v) is 16.5. The largest absolute Gasteiger partial charge is 0.377 e. The summed E-state index contributed by atoms with van der Waals surface area (Å²) in [6, 6.07) is 18.3. The maximum Gasteiger partial charge on any atom is 0.175 e. The Balaban J connectivity index is 1.55. The molecule has 3 heteroatoms. The van der Waals surface area contributed by atoms with E-state index >= 15 is 0 Å². The van der Waals surface area contributed by atoms with Crippen LogP contribution >= 0.6 is 0 Å². The Bertz CT molecular complexity index is 1000. The first-order valence-electron chi connectivity index (χ1n) is 10.0. The molecule has 1 heterocycles. The number of hydrogen-bond donors (Lipinski definition) is 0. The van der Waals surface area contributed by atoms with E-state index < -0.39 is 5.41 Å². The Kier molecular flexibility index (Phi) is 5.19. The molecular weight excluding hydrogens is 346 g/mol. The fraction of sp³-hybridized carbons (Fsp3) is 0.320. The van der Waals surface area contributed by atoms with E-state index in [1.807, 2.05) is 54.2 Å². The molecule has 1 aliphatic rings. The van der Waals surface area contributed by atoms with Gasteiger partial charge in [-0.05, 0) is 37.3 Å². The SMILES string of the molecule is C=C1CCC[C@@]1(CCOCc1ccccc1)C(=O)c1cn(C)c2ccccc12. The van der Waals surface area contributed by atoms with Gasteiger partial charge < -0.3 is 9.30 Å². The standard InChI is InChI=1S/C25H27NO2/c1-19-9-8-14-25(19,15-16-28-18-20-10-4-3-5-11-20)24(27)22-17-26(2)23-13-7-6-12-21(22)23/h3-7,10-13,17H,1,8-9,14-16,18H2,2H3/t25-/m0/s1. The Morgan fingerprint density at radius 2 is 1.89 bits per heavy atom. The number of fused-ring (bicyclic) bond motifs is 1. The van der Waals surface area contributed by atoms with Crippen molar-refractivity contribution < 1.29 is 9.53 Å². The lowest BCUT2D eigenvalue weighted by molar-refractivity contribution is 0.0686. The van der Waals surface area contributed by atoms with Crippen molar-refractivity contribution in [2.24, 2.45) is 12.5 Å². The minimum Gasteiger partial charge on any atom is -0.377 e. The van der Waals surface area contributed by atoms with Crippen LogP contribution in [0.25, 0.3) is 10.9 Å². The van der Waals surface area contributed by atoms with Crippen molar-refractivity contribution in [1.82, 2.24) is 4.57 Å². The van der Waals surface area contributed by atoms with Crippen LogP contribution in [0.1, 0.15) is 41.6 Å². The van der Waals surface area contributed by atoms with E-state index in [1.54, 1.807) is 0 Å². The minimum absolute atomic E-state index is 0.204. The average Bonchev–Trinajstić information content (AvgIpc) is 3.27. The molecule has 1 aliphatic carbocycles. The molecule has 0 unspecified atom stereocenters. The van der Waals surface area contributed by atoms with Crippen LogP contribution in [0.15, 0.2) is 72.9 Å². The predicted molar refractivity (Wildman–Crippen MR) is 113 cm³/mol. The minimum atomic E-state index is -0.499. The van der Waals surface area contributed by atoms with Crippen molar-refractivity contribution >= 4 is 16.7 Å². The fourth-order valence-corrected chi connectivity index (χ4v) is 4.50. The number of ether oxygens (including phenoxy) is 1. The first kappa shape index (κ1) is 18.7. The molecular formula is C25H27NO2. The number of hydrogen-bond acceptors (Lipinski definition) is 2. The van der Waals surface area contributed by atoms with E-state index in [-0.39, 0.29) is 5.78 Å². The third-order valence-electron chi connectivity index (χ3n) is 6.12. The second kappa shape index (κ2) is 7.76. The van der Waals surface area contributed by atoms with E-state index in [2.05, 4.69) is 24.8 Å². The molecule has 0 saturated heterocycles. The highest BCUT2D eigenvalue weighted by atomic mass is 16.5. The molecule has 2 aromatic carbocycles. The second-order valence-corrected chi connectivity index (χ2v) is 7.83. The number of Topliss-reactive ketones (excluding diaryl/α,β-unsaturated/α-hetero) is 1. The van der Waals surface area contributed by atoms with Crippen LogP contribution in [0.2, 0.25) is 0 Å². The lowest BCUT2D eigenvalue weighted by Gasteiger charge is -2.29. The number of carbonyl (C=O) groups excluding carboxylic acids is 1. The van der Waals surface area contributed by atoms with Crippen LogP contribution in [0.4, 0.5) is 0 Å². The van der Waals surface area contributed by atoms with Gasteiger partial charge in [-0.1, -0.05) is 60.7 Å². The summed E-state index contributed by atoms with van der Waals surface area (Å²) in [5.74, 6) is 0.204. The van der Waals surface area contributed by atoms with Gasteiger partial charge in [-0.2, -0.15) is 0 Å². The number of para-hydroxylation sites is 1. The summed E-state index contributed by atoms with van der Waals surface area (Å²) in [7, 11) is 2.00. The Hall–Kier alpha value is -2.65. The molecule has 1 fully saturated rings. The monoisotopic (exact) mass is 373 g/mol. The topological polar surface area (TPSA) is 31.2 Å². The molecule has 0 N–H and O–H groups in total. The number of aromatic nitrogens is 1. The van der Waals surface area contributed by atoms with Crippen molar-refractivity contribution in [3.05, 3.63) is 84.1 Å². The van der Waals surface area contributed by atoms with Gasteiger partial charge in [0.15, 0.2) is 5.78 Å². The summed E-state index contributed by atoms with van der Waals surface area (Å²) in [5.41, 5.74) is 3.62. The Morgan fingerprint density at radius 3 is 2.64 bits per heavy atom. The van der Waals surface area contributed by atoms with Crippen LogP contribution in [-0.2, 0) is 18.4 Å². The Morgan fingerprint density at radius 1 is 1.14 bits per heavy atom. The number of allylic oxidation sites excluding steroid dienone is 1. The van der Waals surface area contributed by atoms with Gasteiger partial charge in [-0.25, -0.2) is 0 Å². The Labute approximate surface area is 166 Å². The summed E-state index contributed by atoms with van der Waals surface area (Å²) in [6.45, 7) is 5.43. The van der Waals surface area contributed by atoms with Crippen molar-refractivity contribution in [2.45, 2.75) is 32.3 Å². The predicted octanol–water partition coefficient (Wildman–Crippen LogP) is 5.69. The third kappa shape index (κ3) is 3.31. The smallest absolute Gasteiger partial charge is 0.175 e. The molecule has 144 valence electrons. The van der Waals surface area contributed by atoms with E-state index in [4.69, 9.17) is 4.74 Å². The van der Waals surface area contributed by atoms with Crippen molar-refractivity contribution in [2.75, 3.05) is 6.61 Å². The van der Waals surface area contributed by atoms with E-state index in [0.717, 1.165) is 46.9 Å². The van der Waals surface area contributed by atoms with Crippen molar-refractivity contribution in [3.63, 3.8) is 0 Å². The summed E-state index contributed by atoms with van der Waals surface area (Å²) < 4.78 is 7.98. The summed E-state index contributed by atoms with van der Waals surface area (Å²) >= 11 is 0. The molecule has 1 aromatic heterocycles. The van der Waals surface area contributed by atoms with E-state index in [1.165, 1.54) is 0 Å². The highest BCUT2D eigenvalue weighted by molar-refractivity contribution is 6.12. The lowest BCUT2D eigenvalue weighted by Crippen LogP contribution is -2.31. The van der Waals surface area contributed by atoms with Gasteiger partial charge in [-0.3, -0.25) is 4.79 Å². The normalized spacial score (nSPS) is 19.4. The number of benzene rings is 2. The van der Waals surface area contributed by atoms with Crippen LogP contribution in [0, 0.1) is 5.41 Å². The number of aryl methyl sites for hydroxylation is 1. The molecule has 0 radical (unpaired) electrons. The van der Waals surface area contributed by atoms with Gasteiger partial charge >= 0.3 is 0 Å². The zero-order chi connectivity index (χ0) is 19.6. The number of nitrogens with zero attached hydrogens (tertiary/aromatic N) is 1. The lowest BCUT2D eigenvalue weighted by atomic mass is 9.74. The average molecular weight is 373 g/mol. The number of rotatable bonds is 7. The van der Waals surface area contributed by atoms with Crippen molar-refractivity contribution in [3.8, 4) is 0 Å². The van der Waals surface area contributed by atoms with Gasteiger partial charge in [0.25, 0.3) is 0 Å². The first-order valence-corrected chi connectivity index (χ1v) is 10.0. The summed E-state index contributed by atoms with van der Waals surface area (Å²) in [5, 5.41) is 1.03. The molecule has 0 spiro atoms. The van der Waals surface area contributed by atoms with Gasteiger partial charge in [-0.15, -0.1) is 0 Å². The maximum absolute atomic E-state index is 13.7. The van der Waals surface area contributed by atoms with Crippen LogP contribution in [-0.4, -0.2) is 17.0 Å². The molecule has 0 bridgehead atoms. The quantitative estimate of drug-likeness (QED) is 0.302. The zero-order valence-electron chi connectivity index (χ0n) is 16.5. The summed E-state index contributed by atoms with van der Waals surface area (Å²) in [6.07, 6.45) is 5.48. The van der Waals surface area contributed by atoms with Crippen molar-refractivity contribution in [1.29, 1.82) is 0 Å². The number of ketones is 1. The van der Waals surface area contributed by atoms with Crippen LogP contribution in [0.5, 0.6) is 0 Å². The molecule has 4 rings (SSSR count). The summed E-state index contributed by atoms with van der Waals surface area (Å²) in [4.78, 5) is 13.7. The van der Waals surface area contributed by atoms with Gasteiger partial charge in [0.05, 0.1) is 12.0 Å². The molecule has 0 aliphatic heterocycles. The maximum atomic E-state index is 13.7. The highest BCUT2D eigenvalue weighted by Crippen LogP contribution is 2.48. The fourth-order valence-electron chi connectivity index (χ4n) is 4.50. The molecule has 3 nitrogen and oxygen atoms in total. The van der Waals surface area contributed by atoms with E-state index in [9.17, 15) is 4.79 Å². The van der Waals surface area contributed by atoms with Gasteiger partial charge in [0.2, 0.25) is 0 Å². The molecule has 1 saturated carbocycles. The van der Waals surface area contributed by atoms with Crippen LogP contribution in [0.3, 0.4) is 0 Å². The third-order valence-corrected chi connectivity index (χ3v) is 6.12. The second-order valence-electron chi connectivity index (χ2n) is 7.83. The first-order chi connectivity index (χ1) is 13.6. The molecule has 0 amide bonds. The van der Waals surface area contributed by atoms with Gasteiger partial charge in [0.1, 0.15) is 0 Å². The molecule has 28 heavy (non-hydrogen) atoms. The van der Waals surface area contributed by atoms with E-state index in [0.29, 0.717) is 19.6 Å².